The molecule has 2 heterocycles. The molecule has 4 rings (SSSR count). The summed E-state index contributed by atoms with van der Waals surface area (Å²) in [6.07, 6.45) is 4.47. The summed E-state index contributed by atoms with van der Waals surface area (Å²) < 4.78 is 28.8. The average Bonchev–Trinajstić information content (AvgIpc) is 3.30. The van der Waals surface area contributed by atoms with Crippen LogP contribution in [0.2, 0.25) is 5.02 Å². The molecule has 1 saturated carbocycles. The predicted octanol–water partition coefficient (Wildman–Crippen LogP) is 4.13. The van der Waals surface area contributed by atoms with Crippen molar-refractivity contribution in [1.82, 2.24) is 9.62 Å². The topological polar surface area (TPSA) is 49.4 Å². The van der Waals surface area contributed by atoms with Gasteiger partial charge in [0.2, 0.25) is 0 Å². The van der Waals surface area contributed by atoms with Crippen molar-refractivity contribution in [2.75, 3.05) is 19.6 Å². The summed E-state index contributed by atoms with van der Waals surface area (Å²) in [6.45, 7) is 2.29. The Hall–Kier alpha value is -0.370. The number of thiophene rings is 1. The lowest BCUT2D eigenvalue weighted by Crippen LogP contribution is -2.45. The van der Waals surface area contributed by atoms with Crippen molar-refractivity contribution in [2.24, 2.45) is 5.92 Å². The van der Waals surface area contributed by atoms with E-state index in [9.17, 15) is 8.42 Å². The fourth-order valence-corrected chi connectivity index (χ4v) is 6.38. The zero-order valence-electron chi connectivity index (χ0n) is 13.8. The number of piperidine rings is 1. The molecule has 1 aromatic carbocycles. The largest absolute Gasteiger partial charge is 0.314 e. The molecular weight excluding hydrogens is 399 g/mol. The number of rotatable bonds is 5. The Morgan fingerprint density at radius 1 is 1.16 bits per heavy atom. The van der Waals surface area contributed by atoms with E-state index in [2.05, 4.69) is 5.32 Å². The maximum absolute atomic E-state index is 12.9. The van der Waals surface area contributed by atoms with Crippen molar-refractivity contribution in [3.8, 4) is 0 Å². The number of nitrogens with one attached hydrogen (secondary N) is 1. The number of hydrogen-bond acceptors (Lipinski definition) is 4. The first-order chi connectivity index (χ1) is 11.5. The lowest BCUT2D eigenvalue weighted by Gasteiger charge is -2.31. The standard InChI is InChI=1S/C17H21ClN2O2S2.ClH/c18-14-3-4-16-13(9-14)10-17(23-16)24(21,22)20-7-5-15(6-8-20)19-11-12-1-2-12;/h3-4,9-10,12,15,19H,1-2,5-8,11H2;1H. The van der Waals surface area contributed by atoms with Crippen molar-refractivity contribution in [3.63, 3.8) is 0 Å². The molecule has 2 fully saturated rings. The van der Waals surface area contributed by atoms with Gasteiger partial charge in [0.25, 0.3) is 10.0 Å². The minimum absolute atomic E-state index is 0. The van der Waals surface area contributed by atoms with Gasteiger partial charge in [-0.15, -0.1) is 23.7 Å². The minimum Gasteiger partial charge on any atom is -0.314 e. The average molecular weight is 421 g/mol. The molecular formula is C17H22Cl2N2O2S2. The zero-order valence-corrected chi connectivity index (χ0v) is 17.0. The number of fused-ring (bicyclic) bond motifs is 1. The van der Waals surface area contributed by atoms with Crippen LogP contribution in [0.4, 0.5) is 0 Å². The van der Waals surface area contributed by atoms with Gasteiger partial charge in [-0.3, -0.25) is 0 Å². The summed E-state index contributed by atoms with van der Waals surface area (Å²) in [5.41, 5.74) is 0. The Bertz CT molecular complexity index is 841. The van der Waals surface area contributed by atoms with Crippen molar-refractivity contribution < 1.29 is 8.42 Å². The van der Waals surface area contributed by atoms with Crippen molar-refractivity contribution >= 4 is 55.5 Å². The molecule has 1 saturated heterocycles. The second-order valence-corrected chi connectivity index (χ2v) is 10.5. The van der Waals surface area contributed by atoms with Gasteiger partial charge in [0.05, 0.1) is 0 Å². The van der Waals surface area contributed by atoms with Gasteiger partial charge in [-0.2, -0.15) is 4.31 Å². The third kappa shape index (κ3) is 4.31. The molecule has 0 unspecified atom stereocenters. The Balaban J connectivity index is 0.00000182. The van der Waals surface area contributed by atoms with Crippen LogP contribution in [0, 0.1) is 5.92 Å². The van der Waals surface area contributed by atoms with Crippen molar-refractivity contribution in [1.29, 1.82) is 0 Å². The summed E-state index contributed by atoms with van der Waals surface area (Å²) in [7, 11) is -3.40. The smallest absolute Gasteiger partial charge is 0.252 e. The molecule has 0 amide bonds. The first-order valence-electron chi connectivity index (χ1n) is 8.45. The van der Waals surface area contributed by atoms with Crippen LogP contribution in [0.3, 0.4) is 0 Å². The number of hydrogen-bond donors (Lipinski definition) is 1. The minimum atomic E-state index is -3.40. The normalized spacial score (nSPS) is 19.9. The molecule has 4 nitrogen and oxygen atoms in total. The maximum atomic E-state index is 12.9. The molecule has 1 aliphatic heterocycles. The van der Waals surface area contributed by atoms with Gasteiger partial charge >= 0.3 is 0 Å². The number of nitrogens with zero attached hydrogens (tertiary/aromatic N) is 1. The van der Waals surface area contributed by atoms with Crippen molar-refractivity contribution in [2.45, 2.75) is 35.9 Å². The molecule has 0 atom stereocenters. The first-order valence-corrected chi connectivity index (χ1v) is 11.1. The quantitative estimate of drug-likeness (QED) is 0.790. The molecule has 1 aliphatic carbocycles. The molecule has 2 aromatic rings. The summed E-state index contributed by atoms with van der Waals surface area (Å²) in [5, 5.41) is 5.12. The monoisotopic (exact) mass is 420 g/mol. The third-order valence-corrected chi connectivity index (χ3v) is 8.59. The number of benzene rings is 1. The van der Waals surface area contributed by atoms with Crippen LogP contribution in [0.15, 0.2) is 28.5 Å². The summed E-state index contributed by atoms with van der Waals surface area (Å²) in [5.74, 6) is 0.858. The van der Waals surface area contributed by atoms with E-state index in [1.165, 1.54) is 24.2 Å². The summed E-state index contributed by atoms with van der Waals surface area (Å²) in [6, 6.07) is 7.71. The van der Waals surface area contributed by atoms with E-state index in [4.69, 9.17) is 11.6 Å². The molecule has 0 bridgehead atoms. The van der Waals surface area contributed by atoms with Crippen LogP contribution in [0.25, 0.3) is 10.1 Å². The van der Waals surface area contributed by atoms with Crippen LogP contribution < -0.4 is 5.32 Å². The maximum Gasteiger partial charge on any atom is 0.252 e. The number of sulfonamides is 1. The fourth-order valence-electron chi connectivity index (χ4n) is 3.20. The molecule has 2 aliphatic rings. The molecule has 0 radical (unpaired) electrons. The number of halogens is 2. The molecule has 138 valence electrons. The second-order valence-electron chi connectivity index (χ2n) is 6.78. The van der Waals surface area contributed by atoms with E-state index in [-0.39, 0.29) is 12.4 Å². The van der Waals surface area contributed by atoms with Gasteiger partial charge in [0.1, 0.15) is 4.21 Å². The van der Waals surface area contributed by atoms with E-state index in [0.29, 0.717) is 28.4 Å². The molecule has 25 heavy (non-hydrogen) atoms. The van der Waals surface area contributed by atoms with E-state index >= 15 is 0 Å². The zero-order chi connectivity index (χ0) is 16.7. The lowest BCUT2D eigenvalue weighted by atomic mass is 10.1. The third-order valence-electron chi connectivity index (χ3n) is 4.90. The Kier molecular flexibility index (Phi) is 5.98. The second kappa shape index (κ2) is 7.71. The summed E-state index contributed by atoms with van der Waals surface area (Å²) >= 11 is 7.33. The van der Waals surface area contributed by atoms with Gasteiger partial charge in [0, 0.05) is 28.9 Å². The van der Waals surface area contributed by atoms with Gasteiger partial charge in [0.15, 0.2) is 0 Å². The fraction of sp³-hybridized carbons (Fsp3) is 0.529. The van der Waals surface area contributed by atoms with Crippen LogP contribution >= 0.6 is 35.3 Å². The Morgan fingerprint density at radius 3 is 2.56 bits per heavy atom. The molecule has 1 N–H and O–H groups in total. The molecule has 8 heteroatoms. The van der Waals surface area contributed by atoms with Gasteiger partial charge < -0.3 is 5.32 Å². The van der Waals surface area contributed by atoms with Crippen molar-refractivity contribution in [3.05, 3.63) is 29.3 Å². The van der Waals surface area contributed by atoms with E-state index in [1.54, 1.807) is 16.4 Å². The lowest BCUT2D eigenvalue weighted by molar-refractivity contribution is 0.288. The molecule has 0 spiro atoms. The van der Waals surface area contributed by atoms with E-state index in [0.717, 1.165) is 35.4 Å². The van der Waals surface area contributed by atoms with Crippen LogP contribution in [0.1, 0.15) is 25.7 Å². The Labute approximate surface area is 164 Å². The highest BCUT2D eigenvalue weighted by atomic mass is 35.5. The van der Waals surface area contributed by atoms with Gasteiger partial charge in [-0.1, -0.05) is 11.6 Å². The van der Waals surface area contributed by atoms with Gasteiger partial charge in [-0.05, 0) is 67.8 Å². The first kappa shape index (κ1) is 19.4. The van der Waals surface area contributed by atoms with Crippen LogP contribution in [0.5, 0.6) is 0 Å². The van der Waals surface area contributed by atoms with E-state index in [1.807, 2.05) is 12.1 Å². The van der Waals surface area contributed by atoms with Crippen LogP contribution in [-0.2, 0) is 10.0 Å². The van der Waals surface area contributed by atoms with Gasteiger partial charge in [-0.25, -0.2) is 8.42 Å². The Morgan fingerprint density at radius 2 is 1.88 bits per heavy atom. The highest BCUT2D eigenvalue weighted by Gasteiger charge is 2.31. The predicted molar refractivity (Wildman–Crippen MR) is 107 cm³/mol. The van der Waals surface area contributed by atoms with E-state index < -0.39 is 10.0 Å². The highest BCUT2D eigenvalue weighted by molar-refractivity contribution is 7.91. The molecule has 1 aromatic heterocycles. The van der Waals surface area contributed by atoms with Crippen LogP contribution in [-0.4, -0.2) is 38.4 Å². The highest BCUT2D eigenvalue weighted by Crippen LogP contribution is 2.33. The summed E-state index contributed by atoms with van der Waals surface area (Å²) in [4.78, 5) is 0. The SMILES string of the molecule is Cl.O=S(=O)(c1cc2cc(Cl)ccc2s1)N1CCC(NCC2CC2)CC1.